The van der Waals surface area contributed by atoms with Gasteiger partial charge in [-0.25, -0.2) is 8.42 Å². The molecule has 262 valence electrons. The van der Waals surface area contributed by atoms with Crippen LogP contribution in [0, 0.1) is 13.8 Å². The van der Waals surface area contributed by atoms with Crippen LogP contribution in [0.2, 0.25) is 0 Å². The van der Waals surface area contributed by atoms with Crippen molar-refractivity contribution in [3.05, 3.63) is 91.4 Å². The smallest absolute Gasteiger partial charge is 0.253 e. The second-order valence-corrected chi connectivity index (χ2v) is 15.1. The molecule has 1 aromatic heterocycles. The highest BCUT2D eigenvalue weighted by Gasteiger charge is 2.27. The number of carbonyl (C=O) groups is 1. The van der Waals surface area contributed by atoms with E-state index in [-0.39, 0.29) is 22.9 Å². The molecule has 0 unspecified atom stereocenters. The Morgan fingerprint density at radius 3 is 2.31 bits per heavy atom. The first kappa shape index (κ1) is 35.1. The van der Waals surface area contributed by atoms with Crippen molar-refractivity contribution < 1.29 is 22.7 Å². The highest BCUT2D eigenvalue weighted by molar-refractivity contribution is 7.89. The number of nitrogens with zero attached hydrogens (tertiary/aromatic N) is 2. The van der Waals surface area contributed by atoms with E-state index in [9.17, 15) is 18.0 Å². The van der Waals surface area contributed by atoms with Crippen LogP contribution in [0.3, 0.4) is 0 Å². The summed E-state index contributed by atoms with van der Waals surface area (Å²) in [6.45, 7) is 9.95. The number of benzene rings is 2. The number of fused-ring (bicyclic) bond motifs is 1. The number of morpholine rings is 1. The Morgan fingerprint density at radius 2 is 1.61 bits per heavy atom. The topological polar surface area (TPSA) is 121 Å². The minimum atomic E-state index is -3.58. The van der Waals surface area contributed by atoms with Crippen molar-refractivity contribution in [3.8, 4) is 0 Å². The third-order valence-electron chi connectivity index (χ3n) is 10.2. The molecule has 2 N–H and O–H groups in total. The van der Waals surface area contributed by atoms with Gasteiger partial charge in [-0.3, -0.25) is 9.59 Å². The van der Waals surface area contributed by atoms with Crippen LogP contribution in [0.4, 0.5) is 5.69 Å². The standard InChI is InChI=1S/C38H48N4O6S/c1-4-42(30-15-19-47-20-16-30)36-24-29(10-9-28-11-13-31(14-12-28)49(45,46)41-17-21-48-22-18-41)23-34(26(36)2)37(43)39-25-35-33-8-6-5-7-32(33)27(3)40-38(35)44/h9-14,23-24,30H,4-8,15-22,25H2,1-3H3,(H,39,43)(H,40,44)/b10-9+. The monoisotopic (exact) mass is 688 g/mol. The molecule has 6 rings (SSSR count). The molecule has 3 heterocycles. The third kappa shape index (κ3) is 7.70. The number of ether oxygens (including phenoxy) is 2. The van der Waals surface area contributed by atoms with Gasteiger partial charge in [0.05, 0.1) is 18.1 Å². The Balaban J connectivity index is 1.29. The molecule has 3 aromatic rings. The van der Waals surface area contributed by atoms with E-state index in [0.717, 1.165) is 78.7 Å². The Morgan fingerprint density at radius 1 is 0.959 bits per heavy atom. The number of hydrogen-bond donors (Lipinski definition) is 2. The number of aromatic nitrogens is 1. The highest BCUT2D eigenvalue weighted by Crippen LogP contribution is 2.31. The molecule has 2 aliphatic heterocycles. The van der Waals surface area contributed by atoms with Crippen molar-refractivity contribution in [2.45, 2.75) is 76.8 Å². The van der Waals surface area contributed by atoms with Crippen molar-refractivity contribution in [1.82, 2.24) is 14.6 Å². The normalized spacial score (nSPS) is 17.6. The molecule has 0 radical (unpaired) electrons. The van der Waals surface area contributed by atoms with E-state index in [2.05, 4.69) is 28.2 Å². The molecule has 3 aliphatic rings. The zero-order chi connectivity index (χ0) is 34.5. The molecule has 0 bridgehead atoms. The van der Waals surface area contributed by atoms with Gasteiger partial charge in [0.15, 0.2) is 0 Å². The average Bonchev–Trinajstić information content (AvgIpc) is 3.13. The van der Waals surface area contributed by atoms with E-state index in [1.165, 1.54) is 9.87 Å². The summed E-state index contributed by atoms with van der Waals surface area (Å²) in [6.07, 6.45) is 9.67. The number of sulfonamides is 1. The van der Waals surface area contributed by atoms with Crippen LogP contribution >= 0.6 is 0 Å². The summed E-state index contributed by atoms with van der Waals surface area (Å²) >= 11 is 0. The van der Waals surface area contributed by atoms with Crippen molar-refractivity contribution in [1.29, 1.82) is 0 Å². The van der Waals surface area contributed by atoms with Gasteiger partial charge in [0, 0.05) is 67.9 Å². The maximum Gasteiger partial charge on any atom is 0.253 e. The average molecular weight is 689 g/mol. The van der Waals surface area contributed by atoms with E-state index >= 15 is 0 Å². The van der Waals surface area contributed by atoms with Crippen LogP contribution in [-0.2, 0) is 38.9 Å². The lowest BCUT2D eigenvalue weighted by molar-refractivity contribution is 0.0730. The number of amides is 1. The summed E-state index contributed by atoms with van der Waals surface area (Å²) in [5.41, 5.74) is 7.89. The van der Waals surface area contributed by atoms with Gasteiger partial charge in [0.1, 0.15) is 0 Å². The Hall–Kier alpha value is -3.77. The Kier molecular flexibility index (Phi) is 11.0. The number of rotatable bonds is 10. The lowest BCUT2D eigenvalue weighted by Gasteiger charge is -2.36. The second kappa shape index (κ2) is 15.4. The van der Waals surface area contributed by atoms with Gasteiger partial charge in [-0.05, 0) is 111 Å². The predicted molar refractivity (Wildman–Crippen MR) is 193 cm³/mol. The summed E-state index contributed by atoms with van der Waals surface area (Å²) in [7, 11) is -3.58. The first-order valence-corrected chi connectivity index (χ1v) is 19.0. The van der Waals surface area contributed by atoms with Gasteiger partial charge >= 0.3 is 0 Å². The van der Waals surface area contributed by atoms with Gasteiger partial charge < -0.3 is 24.7 Å². The quantitative estimate of drug-likeness (QED) is 0.288. The van der Waals surface area contributed by atoms with Crippen LogP contribution in [0.15, 0.2) is 46.1 Å². The van der Waals surface area contributed by atoms with E-state index < -0.39 is 10.0 Å². The van der Waals surface area contributed by atoms with Gasteiger partial charge in [-0.15, -0.1) is 0 Å². The number of anilines is 1. The van der Waals surface area contributed by atoms with Gasteiger partial charge in [-0.1, -0.05) is 24.3 Å². The zero-order valence-corrected chi connectivity index (χ0v) is 29.7. The molecule has 1 amide bonds. The minimum Gasteiger partial charge on any atom is -0.381 e. The number of pyridine rings is 1. The first-order chi connectivity index (χ1) is 23.7. The van der Waals surface area contributed by atoms with Crippen LogP contribution in [0.1, 0.15) is 82.0 Å². The largest absolute Gasteiger partial charge is 0.381 e. The summed E-state index contributed by atoms with van der Waals surface area (Å²) in [4.78, 5) is 32.6. The summed E-state index contributed by atoms with van der Waals surface area (Å²) < 4.78 is 38.6. The van der Waals surface area contributed by atoms with E-state index in [4.69, 9.17) is 9.47 Å². The summed E-state index contributed by atoms with van der Waals surface area (Å²) in [5.74, 6) is -0.223. The van der Waals surface area contributed by atoms with Gasteiger partial charge in [0.2, 0.25) is 10.0 Å². The van der Waals surface area contributed by atoms with Crippen molar-refractivity contribution >= 4 is 33.8 Å². The fourth-order valence-electron chi connectivity index (χ4n) is 7.41. The van der Waals surface area contributed by atoms with Crippen LogP contribution < -0.4 is 15.8 Å². The number of carbonyl (C=O) groups excluding carboxylic acids is 1. The molecule has 2 aromatic carbocycles. The number of aromatic amines is 1. The molecule has 0 spiro atoms. The maximum absolute atomic E-state index is 14.0. The molecule has 1 aliphatic carbocycles. The Bertz CT molecular complexity index is 1860. The Labute approximate surface area is 289 Å². The number of nitrogens with one attached hydrogen (secondary N) is 2. The molecule has 2 fully saturated rings. The molecule has 10 nitrogen and oxygen atoms in total. The van der Waals surface area contributed by atoms with Crippen LogP contribution in [0.5, 0.6) is 0 Å². The lowest BCUT2D eigenvalue weighted by Crippen LogP contribution is -2.40. The van der Waals surface area contributed by atoms with Gasteiger partial charge in [-0.2, -0.15) is 4.31 Å². The SMILES string of the molecule is CCN(c1cc(/C=C/c2ccc(S(=O)(=O)N3CCOCC3)cc2)cc(C(=O)NCc2c3c(c(C)[nH]c2=O)CCCC3)c1C)C1CCOCC1. The summed E-state index contributed by atoms with van der Waals surface area (Å²) in [6, 6.07) is 11.2. The predicted octanol–water partition coefficient (Wildman–Crippen LogP) is 5.00. The van der Waals surface area contributed by atoms with Gasteiger partial charge in [0.25, 0.3) is 11.5 Å². The maximum atomic E-state index is 14.0. The third-order valence-corrected chi connectivity index (χ3v) is 12.1. The van der Waals surface area contributed by atoms with E-state index in [1.807, 2.05) is 32.1 Å². The molecule has 49 heavy (non-hydrogen) atoms. The molecular weight excluding hydrogens is 641 g/mol. The number of hydrogen-bond acceptors (Lipinski definition) is 7. The fourth-order valence-corrected chi connectivity index (χ4v) is 8.82. The van der Waals surface area contributed by atoms with Crippen molar-refractivity contribution in [3.63, 3.8) is 0 Å². The molecule has 0 atom stereocenters. The second-order valence-electron chi connectivity index (χ2n) is 13.2. The fraction of sp³-hybridized carbons (Fsp3) is 0.474. The minimum absolute atomic E-state index is 0.131. The first-order valence-electron chi connectivity index (χ1n) is 17.5. The van der Waals surface area contributed by atoms with E-state index in [1.54, 1.807) is 24.3 Å². The lowest BCUT2D eigenvalue weighted by atomic mass is 9.88. The molecule has 11 heteroatoms. The number of aryl methyl sites for hydroxylation is 1. The molecule has 0 saturated carbocycles. The number of H-pyrrole nitrogens is 1. The van der Waals surface area contributed by atoms with Crippen molar-refractivity contribution in [2.75, 3.05) is 51.0 Å². The van der Waals surface area contributed by atoms with Crippen molar-refractivity contribution in [2.24, 2.45) is 0 Å². The van der Waals surface area contributed by atoms with Crippen LogP contribution in [0.25, 0.3) is 12.2 Å². The molecular formula is C38H48N4O6S. The van der Waals surface area contributed by atoms with E-state index in [0.29, 0.717) is 56.7 Å². The van der Waals surface area contributed by atoms with Crippen LogP contribution in [-0.4, -0.2) is 75.7 Å². The molecule has 2 saturated heterocycles. The zero-order valence-electron chi connectivity index (χ0n) is 28.8. The highest BCUT2D eigenvalue weighted by atomic mass is 32.2. The summed E-state index contributed by atoms with van der Waals surface area (Å²) in [5, 5.41) is 3.09.